The molecule has 32 heavy (non-hydrogen) atoms. The molecule has 0 radical (unpaired) electrons. The SMILES string of the molecule is Cc1ccc(-c2ccc(F)cc2C(=O)Nc2ccc(NCCc3ccccn3)cc2)cc1. The van der Waals surface area contributed by atoms with E-state index >= 15 is 0 Å². The van der Waals surface area contributed by atoms with Crippen LogP contribution in [0.3, 0.4) is 0 Å². The van der Waals surface area contributed by atoms with Gasteiger partial charge in [0.05, 0.1) is 5.56 Å². The second kappa shape index (κ2) is 9.88. The summed E-state index contributed by atoms with van der Waals surface area (Å²) in [5.41, 5.74) is 5.60. The first-order valence-electron chi connectivity index (χ1n) is 10.5. The summed E-state index contributed by atoms with van der Waals surface area (Å²) in [5.74, 6) is -0.797. The molecule has 0 fully saturated rings. The molecule has 3 aromatic carbocycles. The zero-order valence-electron chi connectivity index (χ0n) is 17.8. The maximum Gasteiger partial charge on any atom is 0.256 e. The molecule has 0 aliphatic carbocycles. The molecule has 0 aliphatic rings. The molecular weight excluding hydrogens is 401 g/mol. The number of hydrogen-bond donors (Lipinski definition) is 2. The average molecular weight is 426 g/mol. The number of aryl methyl sites for hydroxylation is 1. The molecule has 0 saturated heterocycles. The van der Waals surface area contributed by atoms with Crippen LogP contribution >= 0.6 is 0 Å². The van der Waals surface area contributed by atoms with E-state index in [1.165, 1.54) is 12.1 Å². The third-order valence-electron chi connectivity index (χ3n) is 5.17. The first kappa shape index (κ1) is 21.2. The summed E-state index contributed by atoms with van der Waals surface area (Å²) in [6, 6.07) is 25.4. The van der Waals surface area contributed by atoms with Gasteiger partial charge >= 0.3 is 0 Å². The second-order valence-corrected chi connectivity index (χ2v) is 7.59. The summed E-state index contributed by atoms with van der Waals surface area (Å²) >= 11 is 0. The van der Waals surface area contributed by atoms with Gasteiger partial charge in [-0.05, 0) is 66.6 Å². The molecule has 5 heteroatoms. The quantitative estimate of drug-likeness (QED) is 0.376. The highest BCUT2D eigenvalue weighted by Gasteiger charge is 2.14. The lowest BCUT2D eigenvalue weighted by Gasteiger charge is -2.12. The Kier molecular flexibility index (Phi) is 6.56. The number of pyridine rings is 1. The standard InChI is InChI=1S/C27H24FN3O/c1-19-5-7-20(8-6-19)25-14-9-21(28)18-26(25)27(32)31-24-12-10-23(11-13-24)30-17-15-22-4-2-3-16-29-22/h2-14,16,18,30H,15,17H2,1H3,(H,31,32). The van der Waals surface area contributed by atoms with Gasteiger partial charge < -0.3 is 10.6 Å². The highest BCUT2D eigenvalue weighted by atomic mass is 19.1. The molecular formula is C27H24FN3O. The molecule has 4 aromatic rings. The van der Waals surface area contributed by atoms with E-state index in [1.807, 2.05) is 73.7 Å². The largest absolute Gasteiger partial charge is 0.385 e. The molecule has 0 unspecified atom stereocenters. The fraction of sp³-hybridized carbons (Fsp3) is 0.111. The van der Waals surface area contributed by atoms with Crippen molar-refractivity contribution in [3.05, 3.63) is 114 Å². The number of anilines is 2. The van der Waals surface area contributed by atoms with E-state index in [1.54, 1.807) is 12.3 Å². The Morgan fingerprint density at radius 2 is 1.66 bits per heavy atom. The molecule has 4 nitrogen and oxygen atoms in total. The van der Waals surface area contributed by atoms with Gasteiger partial charge in [-0.3, -0.25) is 9.78 Å². The number of nitrogens with one attached hydrogen (secondary N) is 2. The van der Waals surface area contributed by atoms with Gasteiger partial charge in [-0.15, -0.1) is 0 Å². The van der Waals surface area contributed by atoms with Gasteiger partial charge in [0.15, 0.2) is 0 Å². The Morgan fingerprint density at radius 1 is 0.906 bits per heavy atom. The third-order valence-corrected chi connectivity index (χ3v) is 5.17. The summed E-state index contributed by atoms with van der Waals surface area (Å²) in [6.07, 6.45) is 2.61. The maximum atomic E-state index is 13.9. The van der Waals surface area contributed by atoms with Crippen LogP contribution < -0.4 is 10.6 Å². The lowest BCUT2D eigenvalue weighted by molar-refractivity contribution is 0.102. The monoisotopic (exact) mass is 425 g/mol. The molecule has 1 heterocycles. The molecule has 2 N–H and O–H groups in total. The van der Waals surface area contributed by atoms with Crippen LogP contribution in [0.4, 0.5) is 15.8 Å². The van der Waals surface area contributed by atoms with Gasteiger partial charge in [-0.2, -0.15) is 0 Å². The van der Waals surface area contributed by atoms with E-state index < -0.39 is 5.82 Å². The zero-order valence-corrected chi connectivity index (χ0v) is 17.8. The van der Waals surface area contributed by atoms with Gasteiger partial charge in [0.2, 0.25) is 0 Å². The van der Waals surface area contributed by atoms with Crippen LogP contribution in [-0.4, -0.2) is 17.4 Å². The topological polar surface area (TPSA) is 54.0 Å². The van der Waals surface area contributed by atoms with E-state index in [-0.39, 0.29) is 5.91 Å². The molecule has 0 spiro atoms. The number of halogens is 1. The fourth-order valence-corrected chi connectivity index (χ4v) is 3.44. The average Bonchev–Trinajstić information content (AvgIpc) is 2.81. The van der Waals surface area contributed by atoms with E-state index in [0.717, 1.165) is 35.5 Å². The van der Waals surface area contributed by atoms with E-state index in [4.69, 9.17) is 0 Å². The summed E-state index contributed by atoms with van der Waals surface area (Å²) in [4.78, 5) is 17.3. The van der Waals surface area contributed by atoms with Crippen molar-refractivity contribution in [2.45, 2.75) is 13.3 Å². The Morgan fingerprint density at radius 3 is 2.38 bits per heavy atom. The minimum Gasteiger partial charge on any atom is -0.385 e. The number of nitrogens with zero attached hydrogens (tertiary/aromatic N) is 1. The predicted octanol–water partition coefficient (Wildman–Crippen LogP) is 6.10. The summed E-state index contributed by atoms with van der Waals surface area (Å²) in [6.45, 7) is 2.76. The first-order chi connectivity index (χ1) is 15.6. The van der Waals surface area contributed by atoms with Crippen molar-refractivity contribution in [2.24, 2.45) is 0 Å². The summed E-state index contributed by atoms with van der Waals surface area (Å²) < 4.78 is 13.9. The smallest absolute Gasteiger partial charge is 0.256 e. The number of hydrogen-bond acceptors (Lipinski definition) is 3. The third kappa shape index (κ3) is 5.38. The van der Waals surface area contributed by atoms with Gasteiger partial charge in [0.25, 0.3) is 5.91 Å². The lowest BCUT2D eigenvalue weighted by atomic mass is 9.98. The number of carbonyl (C=O) groups is 1. The van der Waals surface area contributed by atoms with E-state index in [2.05, 4.69) is 15.6 Å². The van der Waals surface area contributed by atoms with E-state index in [0.29, 0.717) is 16.8 Å². The highest BCUT2D eigenvalue weighted by molar-refractivity contribution is 6.08. The van der Waals surface area contributed by atoms with Crippen LogP contribution in [-0.2, 0) is 6.42 Å². The van der Waals surface area contributed by atoms with Crippen molar-refractivity contribution in [3.63, 3.8) is 0 Å². The zero-order chi connectivity index (χ0) is 22.3. The van der Waals surface area contributed by atoms with Crippen molar-refractivity contribution < 1.29 is 9.18 Å². The van der Waals surface area contributed by atoms with Crippen molar-refractivity contribution in [3.8, 4) is 11.1 Å². The van der Waals surface area contributed by atoms with Crippen molar-refractivity contribution in [1.29, 1.82) is 0 Å². The predicted molar refractivity (Wildman–Crippen MR) is 127 cm³/mol. The molecule has 4 rings (SSSR count). The molecule has 0 saturated carbocycles. The highest BCUT2D eigenvalue weighted by Crippen LogP contribution is 2.26. The van der Waals surface area contributed by atoms with Gasteiger partial charge in [0, 0.05) is 36.2 Å². The lowest BCUT2D eigenvalue weighted by Crippen LogP contribution is -2.13. The van der Waals surface area contributed by atoms with Crippen LogP contribution in [0.5, 0.6) is 0 Å². The van der Waals surface area contributed by atoms with Gasteiger partial charge in [0.1, 0.15) is 5.82 Å². The molecule has 0 bridgehead atoms. The summed E-state index contributed by atoms with van der Waals surface area (Å²) in [5, 5.41) is 6.22. The number of benzene rings is 3. The molecule has 1 aromatic heterocycles. The Hall–Kier alpha value is -3.99. The molecule has 1 amide bonds. The van der Waals surface area contributed by atoms with Crippen LogP contribution in [0.25, 0.3) is 11.1 Å². The van der Waals surface area contributed by atoms with Crippen LogP contribution in [0.1, 0.15) is 21.6 Å². The van der Waals surface area contributed by atoms with Crippen molar-refractivity contribution >= 4 is 17.3 Å². The van der Waals surface area contributed by atoms with Crippen LogP contribution in [0.2, 0.25) is 0 Å². The number of rotatable bonds is 7. The number of amides is 1. The maximum absolute atomic E-state index is 13.9. The fourth-order valence-electron chi connectivity index (χ4n) is 3.44. The minimum atomic E-state index is -0.446. The number of aromatic nitrogens is 1. The Labute approximate surface area is 187 Å². The Bertz CT molecular complexity index is 1190. The Balaban J connectivity index is 1.42. The summed E-state index contributed by atoms with van der Waals surface area (Å²) in [7, 11) is 0. The minimum absolute atomic E-state index is 0.298. The molecule has 0 aliphatic heterocycles. The van der Waals surface area contributed by atoms with Gasteiger partial charge in [-0.1, -0.05) is 42.0 Å². The van der Waals surface area contributed by atoms with Crippen LogP contribution in [0, 0.1) is 12.7 Å². The van der Waals surface area contributed by atoms with E-state index in [9.17, 15) is 9.18 Å². The molecule has 0 atom stereocenters. The first-order valence-corrected chi connectivity index (χ1v) is 10.5. The van der Waals surface area contributed by atoms with Crippen molar-refractivity contribution in [1.82, 2.24) is 4.98 Å². The second-order valence-electron chi connectivity index (χ2n) is 7.59. The molecule has 160 valence electrons. The van der Waals surface area contributed by atoms with Crippen LogP contribution in [0.15, 0.2) is 91.1 Å². The number of carbonyl (C=O) groups excluding carboxylic acids is 1. The normalized spacial score (nSPS) is 10.6. The van der Waals surface area contributed by atoms with Crippen molar-refractivity contribution in [2.75, 3.05) is 17.2 Å². The van der Waals surface area contributed by atoms with Gasteiger partial charge in [-0.25, -0.2) is 4.39 Å².